The molecule has 0 aliphatic carbocycles. The minimum atomic E-state index is -5.35. The largest absolute Gasteiger partial charge is 0.508 e. The van der Waals surface area contributed by atoms with E-state index in [1.165, 1.54) is 30.3 Å². The summed E-state index contributed by atoms with van der Waals surface area (Å²) in [4.78, 5) is 27.7. The van der Waals surface area contributed by atoms with Gasteiger partial charge in [-0.05, 0) is 35.9 Å². The van der Waals surface area contributed by atoms with Crippen LogP contribution in [0.3, 0.4) is 0 Å². The Morgan fingerprint density at radius 3 is 2.11 bits per heavy atom. The quantitative estimate of drug-likeness (QED) is 0.107. The number of hydrogen-bond acceptors (Lipinski definition) is 13. The monoisotopic (exact) mass is 636 g/mol. The van der Waals surface area contributed by atoms with E-state index < -0.39 is 90.2 Å². The van der Waals surface area contributed by atoms with Crippen molar-refractivity contribution >= 4 is 27.2 Å². The number of rotatable bonds is 5. The lowest BCUT2D eigenvalue weighted by Crippen LogP contribution is -2.31. The first-order valence-corrected chi connectivity index (χ1v) is 14.2. The maximum absolute atomic E-state index is 14.3. The molecule has 45 heavy (non-hydrogen) atoms. The lowest BCUT2D eigenvalue weighted by Gasteiger charge is -2.34. The highest BCUT2D eigenvalue weighted by molar-refractivity contribution is 7.81. The predicted octanol–water partition coefficient (Wildman–Crippen LogP) is 3.98. The van der Waals surface area contributed by atoms with E-state index in [0.29, 0.717) is 6.07 Å². The van der Waals surface area contributed by atoms with Crippen LogP contribution < -0.4 is 14.3 Å². The maximum atomic E-state index is 14.3. The average molecular weight is 637 g/mol. The molecule has 15 heteroatoms. The van der Waals surface area contributed by atoms with Crippen LogP contribution in [-0.4, -0.2) is 49.4 Å². The van der Waals surface area contributed by atoms with E-state index in [2.05, 4.69) is 0 Å². The zero-order valence-corrected chi connectivity index (χ0v) is 23.2. The van der Waals surface area contributed by atoms with Crippen LogP contribution in [0.25, 0.3) is 22.3 Å². The second-order valence-corrected chi connectivity index (χ2v) is 11.0. The van der Waals surface area contributed by atoms with Crippen LogP contribution in [0.15, 0.2) is 75.9 Å². The van der Waals surface area contributed by atoms with Gasteiger partial charge in [0.2, 0.25) is 0 Å². The number of phenols is 6. The lowest BCUT2D eigenvalue weighted by atomic mass is 9.79. The van der Waals surface area contributed by atoms with Crippen LogP contribution in [0.2, 0.25) is 0 Å². The molecule has 2 heterocycles. The first kappa shape index (κ1) is 29.2. The minimum absolute atomic E-state index is 0.0376. The molecule has 1 aromatic heterocycles. The van der Waals surface area contributed by atoms with Crippen LogP contribution in [-0.2, 0) is 10.4 Å². The van der Waals surface area contributed by atoms with Crippen LogP contribution in [0, 0.1) is 0 Å². The summed E-state index contributed by atoms with van der Waals surface area (Å²) in [6.45, 7) is 0. The summed E-state index contributed by atoms with van der Waals surface area (Å²) in [6, 6.07) is 12.2. The molecule has 230 valence electrons. The molecule has 0 saturated heterocycles. The van der Waals surface area contributed by atoms with E-state index in [4.69, 9.17) is 13.3 Å². The molecule has 1 aliphatic rings. The lowest BCUT2D eigenvalue weighted by molar-refractivity contribution is 0.0773. The fraction of sp³-hybridized carbons (Fsp3) is 0.0667. The first-order valence-electron chi connectivity index (χ1n) is 12.8. The molecule has 0 unspecified atom stereocenters. The van der Waals surface area contributed by atoms with Gasteiger partial charge in [0, 0.05) is 29.8 Å². The molecule has 14 nitrogen and oxygen atoms in total. The minimum Gasteiger partial charge on any atom is -0.508 e. The number of benzene rings is 4. The van der Waals surface area contributed by atoms with Gasteiger partial charge in [0.1, 0.15) is 57.1 Å². The Bertz CT molecular complexity index is 2200. The van der Waals surface area contributed by atoms with Gasteiger partial charge in [-0.25, -0.2) is 0 Å². The third kappa shape index (κ3) is 5.15. The molecule has 5 aromatic rings. The third-order valence-corrected chi connectivity index (χ3v) is 7.51. The zero-order valence-electron chi connectivity index (χ0n) is 22.4. The topological polar surface area (TPSA) is 241 Å². The summed E-state index contributed by atoms with van der Waals surface area (Å²) in [6.07, 6.45) is -1.45. The number of carbonyl (C=O) groups is 1. The predicted molar refractivity (Wildman–Crippen MR) is 153 cm³/mol. The summed E-state index contributed by atoms with van der Waals surface area (Å²) >= 11 is 0. The third-order valence-electron chi connectivity index (χ3n) is 7.12. The Morgan fingerprint density at radius 2 is 1.44 bits per heavy atom. The van der Waals surface area contributed by atoms with Gasteiger partial charge in [-0.15, -0.1) is 0 Å². The standard InChI is InChI=1S/C30H20O14S/c31-14-4-1-12(2-5-14)29-27(28(38)25-18(35)8-15(32)9-22(25)43-29)26-23(44-45(39,40)41)11-20(37)24-19(36)10-21(42-30(24)26)13-3-6-16(33)17(34)7-13/h1-11,27,29,31-35,37H,(H,39,40,41)/t27-,29+/m1/s1. The number of ketones is 1. The Balaban J connectivity index is 1.73. The van der Waals surface area contributed by atoms with Gasteiger partial charge >= 0.3 is 10.4 Å². The van der Waals surface area contributed by atoms with Gasteiger partial charge in [0.15, 0.2) is 28.5 Å². The van der Waals surface area contributed by atoms with Gasteiger partial charge in [0.25, 0.3) is 0 Å². The van der Waals surface area contributed by atoms with E-state index >= 15 is 0 Å². The molecule has 0 amide bonds. The highest BCUT2D eigenvalue weighted by atomic mass is 32.3. The summed E-state index contributed by atoms with van der Waals surface area (Å²) in [7, 11) is -5.35. The maximum Gasteiger partial charge on any atom is 0.446 e. The van der Waals surface area contributed by atoms with Crippen LogP contribution in [0.1, 0.15) is 33.5 Å². The molecule has 0 saturated carbocycles. The highest BCUT2D eigenvalue weighted by Crippen LogP contribution is 2.52. The second-order valence-electron chi connectivity index (χ2n) is 10.0. The van der Waals surface area contributed by atoms with Crippen molar-refractivity contribution in [1.82, 2.24) is 0 Å². The number of ether oxygens (including phenoxy) is 1. The van der Waals surface area contributed by atoms with Gasteiger partial charge in [-0.2, -0.15) is 8.42 Å². The van der Waals surface area contributed by atoms with E-state index in [1.54, 1.807) is 0 Å². The molecule has 0 bridgehead atoms. The smallest absolute Gasteiger partial charge is 0.446 e. The molecular weight excluding hydrogens is 616 g/mol. The van der Waals surface area contributed by atoms with E-state index in [1.807, 2.05) is 0 Å². The van der Waals surface area contributed by atoms with Gasteiger partial charge in [-0.1, -0.05) is 12.1 Å². The molecule has 4 aromatic carbocycles. The number of phenolic OH excluding ortho intramolecular Hbond substituents is 6. The Hall–Kier alpha value is -5.93. The fourth-order valence-electron chi connectivity index (χ4n) is 5.24. The van der Waals surface area contributed by atoms with E-state index in [0.717, 1.165) is 30.3 Å². The van der Waals surface area contributed by atoms with Crippen LogP contribution in [0.4, 0.5) is 0 Å². The van der Waals surface area contributed by atoms with Gasteiger partial charge in [0.05, 0.1) is 11.5 Å². The number of aromatic hydroxyl groups is 6. The molecule has 2 atom stereocenters. The van der Waals surface area contributed by atoms with Crippen LogP contribution in [0.5, 0.6) is 46.0 Å². The van der Waals surface area contributed by atoms with Crippen molar-refractivity contribution in [3.05, 3.63) is 93.6 Å². The number of hydrogen-bond donors (Lipinski definition) is 7. The summed E-state index contributed by atoms with van der Waals surface area (Å²) in [5, 5.41) is 60.6. The van der Waals surface area contributed by atoms with Gasteiger partial charge < -0.3 is 44.0 Å². The van der Waals surface area contributed by atoms with Crippen molar-refractivity contribution in [2.45, 2.75) is 12.0 Å². The molecular formula is C30H20O14S. The number of fused-ring (bicyclic) bond motifs is 2. The zero-order chi connectivity index (χ0) is 32.4. The Labute approximate surface area is 251 Å². The van der Waals surface area contributed by atoms with E-state index in [9.17, 15) is 53.2 Å². The Kier molecular flexibility index (Phi) is 6.71. The van der Waals surface area contributed by atoms with Crippen molar-refractivity contribution in [2.75, 3.05) is 0 Å². The van der Waals surface area contributed by atoms with E-state index in [-0.39, 0.29) is 28.4 Å². The molecule has 6 rings (SSSR count). The van der Waals surface area contributed by atoms with Crippen molar-refractivity contribution in [2.24, 2.45) is 0 Å². The van der Waals surface area contributed by atoms with Gasteiger partial charge in [-0.3, -0.25) is 14.1 Å². The fourth-order valence-corrected chi connectivity index (χ4v) is 5.60. The normalized spacial score (nSPS) is 16.2. The van der Waals surface area contributed by atoms with Crippen molar-refractivity contribution in [3.63, 3.8) is 0 Å². The van der Waals surface area contributed by atoms with Crippen molar-refractivity contribution in [3.8, 4) is 57.3 Å². The van der Waals surface area contributed by atoms with Crippen LogP contribution >= 0.6 is 0 Å². The summed E-state index contributed by atoms with van der Waals surface area (Å²) < 4.78 is 50.4. The van der Waals surface area contributed by atoms with Crippen molar-refractivity contribution < 1.29 is 61.7 Å². The number of carbonyl (C=O) groups excluding carboxylic acids is 1. The summed E-state index contributed by atoms with van der Waals surface area (Å²) in [5.41, 5.74) is -2.24. The highest BCUT2D eigenvalue weighted by Gasteiger charge is 2.45. The Morgan fingerprint density at radius 1 is 0.733 bits per heavy atom. The second kappa shape index (κ2) is 10.4. The van der Waals surface area contributed by atoms with Crippen molar-refractivity contribution in [1.29, 1.82) is 0 Å². The molecule has 1 aliphatic heterocycles. The molecule has 0 radical (unpaired) electrons. The molecule has 0 spiro atoms. The first-order chi connectivity index (χ1) is 21.2. The number of Topliss-reactive ketones (excluding diaryl/α,β-unsaturated/α-hetero) is 1. The summed E-state index contributed by atoms with van der Waals surface area (Å²) in [5.74, 6) is -7.37. The molecule has 0 fully saturated rings. The molecule has 7 N–H and O–H groups in total. The average Bonchev–Trinajstić information content (AvgIpc) is 2.94. The SMILES string of the molecule is O=C1c2c(O)cc(O)cc2O[C@@H](c2ccc(O)cc2)[C@@H]1c1c(OS(=O)(=O)O)cc(O)c2c(=O)cc(-c3ccc(O)c(O)c3)oc12.